The summed E-state index contributed by atoms with van der Waals surface area (Å²) in [4.78, 5) is 13.1. The molecule has 9 unspecified atom stereocenters. The van der Waals surface area contributed by atoms with Crippen molar-refractivity contribution in [3.8, 4) is 0 Å². The van der Waals surface area contributed by atoms with Crippen LogP contribution in [0.4, 0.5) is 0 Å². The van der Waals surface area contributed by atoms with Gasteiger partial charge in [0.05, 0.1) is 25.4 Å². The van der Waals surface area contributed by atoms with Crippen LogP contribution in [-0.2, 0) is 14.3 Å². The molecule has 1 aliphatic rings. The van der Waals surface area contributed by atoms with Crippen LogP contribution in [0.1, 0.15) is 290 Å². The summed E-state index contributed by atoms with van der Waals surface area (Å²) in [6.07, 6.45) is 41.9. The number of rotatable bonds is 51. The second kappa shape index (κ2) is 47.1. The zero-order chi connectivity index (χ0) is 49.7. The molecule has 0 aromatic heterocycles. The molecule has 9 atom stereocenters. The van der Waals surface area contributed by atoms with Crippen molar-refractivity contribution in [1.29, 1.82) is 0 Å². The predicted molar refractivity (Wildman–Crippen MR) is 280 cm³/mol. The number of unbranched alkanes of at least 4 members (excludes halogenated alkanes) is 39. The van der Waals surface area contributed by atoms with E-state index >= 15 is 0 Å². The highest BCUT2D eigenvalue weighted by atomic mass is 16.7. The average Bonchev–Trinajstić information content (AvgIpc) is 3.34. The van der Waals surface area contributed by atoms with Crippen molar-refractivity contribution in [3.63, 3.8) is 0 Å². The van der Waals surface area contributed by atoms with Gasteiger partial charge in [0.2, 0.25) is 5.91 Å². The summed E-state index contributed by atoms with van der Waals surface area (Å²) < 4.78 is 11.1. The van der Waals surface area contributed by atoms with Crippen LogP contribution in [0.3, 0.4) is 0 Å². The third kappa shape index (κ3) is 35.3. The summed E-state index contributed by atoms with van der Waals surface area (Å²) in [5.41, 5.74) is 0. The van der Waals surface area contributed by atoms with E-state index < -0.39 is 74.2 Å². The van der Waals surface area contributed by atoms with Crippen molar-refractivity contribution >= 4 is 5.91 Å². The maximum atomic E-state index is 13.1. The molecule has 8 N–H and O–H groups in total. The average molecular weight is 973 g/mol. The predicted octanol–water partition coefficient (Wildman–Crippen LogP) is 12.2. The van der Waals surface area contributed by atoms with Gasteiger partial charge in [-0.25, -0.2) is 0 Å². The highest BCUT2D eigenvalue weighted by molar-refractivity contribution is 5.80. The van der Waals surface area contributed by atoms with E-state index in [0.29, 0.717) is 19.3 Å². The molecular weight excluding hydrogens is 859 g/mol. The van der Waals surface area contributed by atoms with Gasteiger partial charge in [0, 0.05) is 0 Å². The van der Waals surface area contributed by atoms with E-state index in [9.17, 15) is 40.5 Å². The monoisotopic (exact) mass is 972 g/mol. The van der Waals surface area contributed by atoms with Crippen LogP contribution in [0, 0.1) is 0 Å². The first-order chi connectivity index (χ1) is 33.2. The number of nitrogens with one attached hydrogen (secondary N) is 1. The number of hydrogen-bond acceptors (Lipinski definition) is 10. The maximum absolute atomic E-state index is 13.1. The van der Waals surface area contributed by atoms with Gasteiger partial charge in [0.25, 0.3) is 0 Å². The molecule has 0 aliphatic carbocycles. The van der Waals surface area contributed by atoms with Crippen LogP contribution in [0.5, 0.6) is 0 Å². The van der Waals surface area contributed by atoms with Crippen molar-refractivity contribution in [2.75, 3.05) is 13.2 Å². The minimum Gasteiger partial charge on any atom is -0.394 e. The second-order valence-electron chi connectivity index (χ2n) is 21.1. The molecule has 0 aromatic rings. The molecule has 1 amide bonds. The van der Waals surface area contributed by atoms with E-state index in [2.05, 4.69) is 19.2 Å². The molecule has 1 heterocycles. The first-order valence-corrected chi connectivity index (χ1v) is 29.4. The molecule has 11 nitrogen and oxygen atoms in total. The zero-order valence-corrected chi connectivity index (χ0v) is 44.4. The Balaban J connectivity index is 2.19. The third-order valence-electron chi connectivity index (χ3n) is 14.7. The number of aliphatic hydroxyl groups is 7. The number of carbonyl (C=O) groups is 1. The van der Waals surface area contributed by atoms with Crippen LogP contribution < -0.4 is 5.32 Å². The quantitative estimate of drug-likeness (QED) is 0.0272. The van der Waals surface area contributed by atoms with E-state index in [1.165, 1.54) is 212 Å². The number of aliphatic hydroxyl groups excluding tert-OH is 7. The van der Waals surface area contributed by atoms with E-state index in [4.69, 9.17) is 9.47 Å². The molecule has 0 aromatic carbocycles. The van der Waals surface area contributed by atoms with Crippen LogP contribution >= 0.6 is 0 Å². The summed E-state index contributed by atoms with van der Waals surface area (Å²) in [7, 11) is 0. The normalized spacial score (nSPS) is 20.4. The second-order valence-corrected chi connectivity index (χ2v) is 21.1. The molecule has 0 bridgehead atoms. The van der Waals surface area contributed by atoms with Crippen molar-refractivity contribution in [2.45, 2.75) is 345 Å². The lowest BCUT2D eigenvalue weighted by atomic mass is 9.98. The Morgan fingerprint density at radius 3 is 1.09 bits per heavy atom. The Labute approximate surface area is 418 Å². The molecule has 1 fully saturated rings. The Morgan fingerprint density at radius 1 is 0.456 bits per heavy atom. The van der Waals surface area contributed by atoms with Gasteiger partial charge >= 0.3 is 0 Å². The maximum Gasteiger partial charge on any atom is 0.249 e. The minimum absolute atomic E-state index is 0.265. The van der Waals surface area contributed by atoms with E-state index in [-0.39, 0.29) is 6.42 Å². The number of amides is 1. The Kier molecular flexibility index (Phi) is 45.1. The summed E-state index contributed by atoms with van der Waals surface area (Å²) in [6.45, 7) is 3.47. The fourth-order valence-electron chi connectivity index (χ4n) is 9.86. The van der Waals surface area contributed by atoms with E-state index in [1.54, 1.807) is 0 Å². The lowest BCUT2D eigenvalue weighted by molar-refractivity contribution is -0.303. The number of carbonyl (C=O) groups excluding carboxylic acids is 1. The van der Waals surface area contributed by atoms with Gasteiger partial charge in [-0.2, -0.15) is 0 Å². The van der Waals surface area contributed by atoms with Crippen LogP contribution in [-0.4, -0.2) is 110 Å². The number of hydrogen-bond donors (Lipinski definition) is 8. The fraction of sp³-hybridized carbons (Fsp3) is 0.982. The van der Waals surface area contributed by atoms with Gasteiger partial charge in [0.15, 0.2) is 6.29 Å². The summed E-state index contributed by atoms with van der Waals surface area (Å²) in [5, 5.41) is 76.0. The smallest absolute Gasteiger partial charge is 0.249 e. The van der Waals surface area contributed by atoms with Gasteiger partial charge in [-0.1, -0.05) is 277 Å². The molecular formula is C57H113NO10. The molecule has 406 valence electrons. The van der Waals surface area contributed by atoms with Crippen LogP contribution in [0.15, 0.2) is 0 Å². The van der Waals surface area contributed by atoms with Crippen molar-refractivity contribution in [3.05, 3.63) is 0 Å². The van der Waals surface area contributed by atoms with Gasteiger partial charge in [-0.3, -0.25) is 4.79 Å². The SMILES string of the molecule is CCCCCCCCCCCCCCCCCCCCCCCCCCCCCCCCC(O)C(O)C(COC1OC(CO)C(O)C(O)C1O)NC(=O)C(O)CCCCCCCCCCCCC. The fourth-order valence-corrected chi connectivity index (χ4v) is 9.86. The Morgan fingerprint density at radius 2 is 0.765 bits per heavy atom. The van der Waals surface area contributed by atoms with Crippen molar-refractivity contribution in [2.24, 2.45) is 0 Å². The summed E-state index contributed by atoms with van der Waals surface area (Å²) in [6, 6.07) is -1.16. The van der Waals surface area contributed by atoms with Crippen LogP contribution in [0.2, 0.25) is 0 Å². The largest absolute Gasteiger partial charge is 0.394 e. The van der Waals surface area contributed by atoms with E-state index in [1.807, 2.05) is 0 Å². The van der Waals surface area contributed by atoms with Gasteiger partial charge in [-0.05, 0) is 12.8 Å². The standard InChI is InChI=1S/C57H113NO10/c1-3-5-7-9-11-13-15-16-17-18-19-20-21-22-23-24-25-26-27-28-29-30-31-32-33-35-36-38-40-42-44-49(60)52(62)48(47-67-57-55(65)54(64)53(63)51(46-59)68-57)58-56(66)50(61)45-43-41-39-37-34-14-12-10-8-6-4-2/h48-55,57,59-65H,3-47H2,1-2H3,(H,58,66). The Bertz CT molecular complexity index is 1070. The van der Waals surface area contributed by atoms with Gasteiger partial charge in [-0.15, -0.1) is 0 Å². The highest BCUT2D eigenvalue weighted by Gasteiger charge is 2.44. The molecule has 68 heavy (non-hydrogen) atoms. The molecule has 0 radical (unpaired) electrons. The summed E-state index contributed by atoms with van der Waals surface area (Å²) in [5.74, 6) is -0.693. The third-order valence-corrected chi connectivity index (χ3v) is 14.7. The minimum atomic E-state index is -1.66. The Hall–Kier alpha value is -0.890. The lowest BCUT2D eigenvalue weighted by Crippen LogP contribution is -2.60. The lowest BCUT2D eigenvalue weighted by Gasteiger charge is -2.40. The zero-order valence-electron chi connectivity index (χ0n) is 44.4. The topological polar surface area (TPSA) is 189 Å². The summed E-state index contributed by atoms with van der Waals surface area (Å²) >= 11 is 0. The molecule has 0 spiro atoms. The van der Waals surface area contributed by atoms with E-state index in [0.717, 1.165) is 38.5 Å². The van der Waals surface area contributed by atoms with Gasteiger partial charge < -0.3 is 50.5 Å². The highest BCUT2D eigenvalue weighted by Crippen LogP contribution is 2.24. The first kappa shape index (κ1) is 65.1. The molecule has 0 saturated carbocycles. The van der Waals surface area contributed by atoms with Crippen molar-refractivity contribution < 1.29 is 50.0 Å². The molecule has 1 saturated heterocycles. The first-order valence-electron chi connectivity index (χ1n) is 29.4. The van der Waals surface area contributed by atoms with Crippen LogP contribution in [0.25, 0.3) is 0 Å². The molecule has 1 aliphatic heterocycles. The van der Waals surface area contributed by atoms with Crippen molar-refractivity contribution in [1.82, 2.24) is 5.32 Å². The molecule has 11 heteroatoms. The molecule has 1 rings (SSSR count). The van der Waals surface area contributed by atoms with Gasteiger partial charge in [0.1, 0.15) is 36.6 Å². The number of ether oxygens (including phenoxy) is 2.